The number of carbonyl (C=O) groups excluding carboxylic acids is 1. The van der Waals surface area contributed by atoms with Gasteiger partial charge in [0.05, 0.1) is 12.1 Å². The van der Waals surface area contributed by atoms with Crippen LogP contribution < -0.4 is 5.32 Å². The van der Waals surface area contributed by atoms with Gasteiger partial charge in [-0.15, -0.1) is 5.10 Å². The van der Waals surface area contributed by atoms with Gasteiger partial charge in [0.2, 0.25) is 0 Å². The molecule has 0 bridgehead atoms. The number of aromatic nitrogens is 4. The van der Waals surface area contributed by atoms with Gasteiger partial charge in [0.15, 0.2) is 5.82 Å². The van der Waals surface area contributed by atoms with Crippen molar-refractivity contribution in [3.8, 4) is 0 Å². The highest BCUT2D eigenvalue weighted by atomic mass is 16.2. The third kappa shape index (κ3) is 3.55. The van der Waals surface area contributed by atoms with Gasteiger partial charge in [0.25, 0.3) is 0 Å². The average molecular weight is 307 g/mol. The van der Waals surface area contributed by atoms with E-state index in [-0.39, 0.29) is 12.1 Å². The Balaban J connectivity index is 1.48. The highest BCUT2D eigenvalue weighted by molar-refractivity contribution is 5.74. The molecule has 1 aromatic heterocycles. The summed E-state index contributed by atoms with van der Waals surface area (Å²) < 4.78 is 1.84. The second kappa shape index (κ2) is 6.20. The van der Waals surface area contributed by atoms with E-state index < -0.39 is 0 Å². The highest BCUT2D eigenvalue weighted by Crippen LogP contribution is 2.35. The molecule has 2 fully saturated rings. The van der Waals surface area contributed by atoms with Gasteiger partial charge in [0, 0.05) is 26.2 Å². The Labute approximate surface area is 130 Å². The smallest absolute Gasteiger partial charge is 0.317 e. The first-order valence-electron chi connectivity index (χ1n) is 8.06. The summed E-state index contributed by atoms with van der Waals surface area (Å²) in [6, 6.07) is 0.863. The van der Waals surface area contributed by atoms with Crippen LogP contribution in [-0.4, -0.2) is 69.3 Å². The van der Waals surface area contributed by atoms with E-state index in [1.807, 2.05) is 18.7 Å². The molecule has 1 atom stereocenters. The van der Waals surface area contributed by atoms with Crippen LogP contribution in [0, 0.1) is 0 Å². The molecule has 1 N–H and O–H groups in total. The molecule has 2 aliphatic rings. The fraction of sp³-hybridized carbons (Fsp3) is 0.857. The summed E-state index contributed by atoms with van der Waals surface area (Å²) in [4.78, 5) is 16.3. The molecule has 2 aliphatic carbocycles. The minimum absolute atomic E-state index is 0.0814. The predicted molar refractivity (Wildman–Crippen MR) is 81.3 cm³/mol. The fourth-order valence-electron chi connectivity index (χ4n) is 2.53. The van der Waals surface area contributed by atoms with Crippen molar-refractivity contribution in [2.45, 2.75) is 50.7 Å². The van der Waals surface area contributed by atoms with Gasteiger partial charge >= 0.3 is 6.03 Å². The van der Waals surface area contributed by atoms with E-state index in [0.29, 0.717) is 6.04 Å². The van der Waals surface area contributed by atoms with Crippen molar-refractivity contribution < 1.29 is 4.79 Å². The normalized spacial score (nSPS) is 19.3. The number of carbonyl (C=O) groups is 1. The summed E-state index contributed by atoms with van der Waals surface area (Å²) in [5.41, 5.74) is 0. The maximum Gasteiger partial charge on any atom is 0.317 e. The molecule has 122 valence electrons. The Kier molecular flexibility index (Phi) is 4.28. The molecule has 8 heteroatoms. The molecule has 1 heterocycles. The second-order valence-electron chi connectivity index (χ2n) is 6.52. The predicted octanol–water partition coefficient (Wildman–Crippen LogP) is 0.805. The quantitative estimate of drug-likeness (QED) is 0.806. The van der Waals surface area contributed by atoms with Crippen LogP contribution in [-0.2, 0) is 0 Å². The minimum Gasteiger partial charge on any atom is -0.328 e. The van der Waals surface area contributed by atoms with Crippen molar-refractivity contribution in [1.82, 2.24) is 35.3 Å². The second-order valence-corrected chi connectivity index (χ2v) is 6.52. The van der Waals surface area contributed by atoms with Gasteiger partial charge in [-0.2, -0.15) is 0 Å². The maximum atomic E-state index is 12.3. The van der Waals surface area contributed by atoms with E-state index in [1.165, 1.54) is 12.8 Å². The number of hydrogen-bond acceptors (Lipinski definition) is 5. The molecule has 3 rings (SSSR count). The lowest BCUT2D eigenvalue weighted by Gasteiger charge is -2.23. The Morgan fingerprint density at radius 2 is 2.05 bits per heavy atom. The van der Waals surface area contributed by atoms with E-state index in [9.17, 15) is 4.79 Å². The molecule has 0 aliphatic heterocycles. The number of rotatable bonds is 7. The fourth-order valence-corrected chi connectivity index (χ4v) is 2.53. The number of hydrogen-bond donors (Lipinski definition) is 1. The van der Waals surface area contributed by atoms with Gasteiger partial charge in [0.1, 0.15) is 0 Å². The van der Waals surface area contributed by atoms with Crippen LogP contribution in [0.4, 0.5) is 4.79 Å². The summed E-state index contributed by atoms with van der Waals surface area (Å²) in [7, 11) is 3.95. The Morgan fingerprint density at radius 1 is 1.32 bits per heavy atom. The van der Waals surface area contributed by atoms with E-state index >= 15 is 0 Å². The molecular formula is C14H25N7O. The van der Waals surface area contributed by atoms with Crippen molar-refractivity contribution >= 4 is 6.03 Å². The van der Waals surface area contributed by atoms with Crippen LogP contribution in [0.2, 0.25) is 0 Å². The van der Waals surface area contributed by atoms with Crippen molar-refractivity contribution in [1.29, 1.82) is 0 Å². The third-order valence-electron chi connectivity index (χ3n) is 4.44. The number of amides is 2. The molecule has 0 aromatic carbocycles. The van der Waals surface area contributed by atoms with Crippen LogP contribution in [0.5, 0.6) is 0 Å². The van der Waals surface area contributed by atoms with Crippen LogP contribution in [0.25, 0.3) is 0 Å². The lowest BCUT2D eigenvalue weighted by atomic mass is 10.3. The molecule has 0 spiro atoms. The molecule has 0 saturated heterocycles. The van der Waals surface area contributed by atoms with E-state index in [4.69, 9.17) is 0 Å². The summed E-state index contributed by atoms with van der Waals surface area (Å²) in [6.45, 7) is 3.55. The monoisotopic (exact) mass is 307 g/mol. The van der Waals surface area contributed by atoms with Gasteiger partial charge in [-0.3, -0.25) is 0 Å². The Bertz CT molecular complexity index is 523. The molecule has 1 aromatic rings. The number of likely N-dealkylation sites (N-methyl/N-ethyl adjacent to an activating group) is 2. The standard InChI is InChI=1S/C14H25N7O/c1-10(13-16-17-18-21(13)12-6-7-12)15-14(22)20(3)9-8-19(2)11-4-5-11/h10-12H,4-9H2,1-3H3,(H,15,22). The zero-order valence-corrected chi connectivity index (χ0v) is 13.6. The van der Waals surface area contributed by atoms with E-state index in [2.05, 4.69) is 32.8 Å². The summed E-state index contributed by atoms with van der Waals surface area (Å²) in [6.07, 6.45) is 4.80. The third-order valence-corrected chi connectivity index (χ3v) is 4.44. The van der Waals surface area contributed by atoms with Crippen molar-refractivity contribution in [3.05, 3.63) is 5.82 Å². The van der Waals surface area contributed by atoms with Crippen LogP contribution in [0.1, 0.15) is 50.5 Å². The number of urea groups is 1. The molecule has 1 unspecified atom stereocenters. The van der Waals surface area contributed by atoms with Crippen LogP contribution in [0.15, 0.2) is 0 Å². The lowest BCUT2D eigenvalue weighted by molar-refractivity contribution is 0.195. The Morgan fingerprint density at radius 3 is 2.68 bits per heavy atom. The topological polar surface area (TPSA) is 79.2 Å². The maximum absolute atomic E-state index is 12.3. The highest BCUT2D eigenvalue weighted by Gasteiger charge is 2.30. The lowest BCUT2D eigenvalue weighted by Crippen LogP contribution is -2.42. The zero-order chi connectivity index (χ0) is 15.7. The largest absolute Gasteiger partial charge is 0.328 e. The van der Waals surface area contributed by atoms with Gasteiger partial charge in [-0.05, 0) is 50.1 Å². The number of nitrogens with one attached hydrogen (secondary N) is 1. The zero-order valence-electron chi connectivity index (χ0n) is 13.6. The first kappa shape index (κ1) is 15.2. The summed E-state index contributed by atoms with van der Waals surface area (Å²) in [5.74, 6) is 0.736. The molecular weight excluding hydrogens is 282 g/mol. The van der Waals surface area contributed by atoms with Crippen molar-refractivity contribution in [3.63, 3.8) is 0 Å². The first-order chi connectivity index (χ1) is 10.6. The summed E-state index contributed by atoms with van der Waals surface area (Å²) in [5, 5.41) is 14.8. The first-order valence-corrected chi connectivity index (χ1v) is 8.06. The van der Waals surface area contributed by atoms with Crippen molar-refractivity contribution in [2.75, 3.05) is 27.2 Å². The average Bonchev–Trinajstić information content (AvgIpc) is 3.42. The van der Waals surface area contributed by atoms with Crippen molar-refractivity contribution in [2.24, 2.45) is 0 Å². The SMILES string of the molecule is CC(NC(=O)N(C)CCN(C)C1CC1)c1nnnn1C1CC1. The van der Waals surface area contributed by atoms with Gasteiger partial charge < -0.3 is 15.1 Å². The molecule has 2 saturated carbocycles. The molecule has 8 nitrogen and oxygen atoms in total. The molecule has 22 heavy (non-hydrogen) atoms. The Hall–Kier alpha value is -1.70. The van der Waals surface area contributed by atoms with Crippen LogP contribution in [0.3, 0.4) is 0 Å². The number of tetrazole rings is 1. The summed E-state index contributed by atoms with van der Waals surface area (Å²) >= 11 is 0. The molecule has 0 radical (unpaired) electrons. The van der Waals surface area contributed by atoms with Gasteiger partial charge in [-0.25, -0.2) is 9.48 Å². The van der Waals surface area contributed by atoms with Gasteiger partial charge in [-0.1, -0.05) is 0 Å². The van der Waals surface area contributed by atoms with Crippen LogP contribution >= 0.6 is 0 Å². The minimum atomic E-state index is -0.188. The number of nitrogens with zero attached hydrogens (tertiary/aromatic N) is 6. The van der Waals surface area contributed by atoms with E-state index in [0.717, 1.165) is 37.8 Å². The van der Waals surface area contributed by atoms with E-state index in [1.54, 1.807) is 4.90 Å². The molecule has 2 amide bonds.